The molecule has 1 saturated heterocycles. The van der Waals surface area contributed by atoms with Crippen molar-refractivity contribution in [2.24, 2.45) is 0 Å². The number of nitrogens with one attached hydrogen (secondary N) is 1. The standard InChI is InChI=1S/C21H21N5O/c22-15-25-12-6-9-17(25)13-23-21(27)20-18-10-4-5-11-19(18)26(24-20)14-16-7-2-1-3-8-16/h1-5,7-8,10-11,17H,6,9,12-14H2,(H,23,27). The molecule has 4 rings (SSSR count). The van der Waals surface area contributed by atoms with Gasteiger partial charge in [-0.1, -0.05) is 48.5 Å². The van der Waals surface area contributed by atoms with E-state index in [0.717, 1.165) is 35.9 Å². The van der Waals surface area contributed by atoms with Gasteiger partial charge in [-0.15, -0.1) is 0 Å². The van der Waals surface area contributed by atoms with Gasteiger partial charge in [0.05, 0.1) is 18.1 Å². The number of fused-ring (bicyclic) bond motifs is 1. The predicted molar refractivity (Wildman–Crippen MR) is 103 cm³/mol. The zero-order valence-corrected chi connectivity index (χ0v) is 15.0. The number of hydrogen-bond donors (Lipinski definition) is 1. The van der Waals surface area contributed by atoms with E-state index in [1.165, 1.54) is 0 Å². The van der Waals surface area contributed by atoms with Gasteiger partial charge < -0.3 is 10.2 Å². The molecule has 1 amide bonds. The van der Waals surface area contributed by atoms with Gasteiger partial charge in [-0.3, -0.25) is 9.48 Å². The minimum atomic E-state index is -0.192. The van der Waals surface area contributed by atoms with Crippen molar-refractivity contribution < 1.29 is 4.79 Å². The normalized spacial score (nSPS) is 16.4. The van der Waals surface area contributed by atoms with Gasteiger partial charge in [0.25, 0.3) is 5.91 Å². The van der Waals surface area contributed by atoms with Crippen molar-refractivity contribution in [1.82, 2.24) is 20.0 Å². The number of amides is 1. The van der Waals surface area contributed by atoms with E-state index in [-0.39, 0.29) is 11.9 Å². The van der Waals surface area contributed by atoms with Crippen LogP contribution in [0.4, 0.5) is 0 Å². The van der Waals surface area contributed by atoms with E-state index in [4.69, 9.17) is 5.26 Å². The van der Waals surface area contributed by atoms with Crippen molar-refractivity contribution in [3.63, 3.8) is 0 Å². The maximum absolute atomic E-state index is 12.8. The molecule has 1 aromatic heterocycles. The molecule has 27 heavy (non-hydrogen) atoms. The van der Waals surface area contributed by atoms with Gasteiger partial charge in [-0.05, 0) is 24.5 Å². The Bertz CT molecular complexity index is 989. The third kappa shape index (κ3) is 3.49. The number of hydrogen-bond acceptors (Lipinski definition) is 4. The first-order valence-electron chi connectivity index (χ1n) is 9.20. The average Bonchev–Trinajstić information content (AvgIpc) is 3.32. The Morgan fingerprint density at radius 3 is 2.78 bits per heavy atom. The summed E-state index contributed by atoms with van der Waals surface area (Å²) in [4.78, 5) is 14.5. The number of para-hydroxylation sites is 1. The molecule has 136 valence electrons. The number of aromatic nitrogens is 2. The fourth-order valence-corrected chi connectivity index (χ4v) is 3.65. The highest BCUT2D eigenvalue weighted by molar-refractivity contribution is 6.04. The van der Waals surface area contributed by atoms with E-state index in [0.29, 0.717) is 18.8 Å². The Morgan fingerprint density at radius 2 is 1.96 bits per heavy atom. The van der Waals surface area contributed by atoms with Gasteiger partial charge in [-0.25, -0.2) is 0 Å². The highest BCUT2D eigenvalue weighted by atomic mass is 16.2. The predicted octanol–water partition coefficient (Wildman–Crippen LogP) is 2.76. The third-order valence-corrected chi connectivity index (χ3v) is 5.05. The molecular weight excluding hydrogens is 338 g/mol. The Labute approximate surface area is 158 Å². The number of carbonyl (C=O) groups is 1. The topological polar surface area (TPSA) is 74.0 Å². The summed E-state index contributed by atoms with van der Waals surface area (Å²) in [5, 5.41) is 17.6. The molecule has 0 aliphatic carbocycles. The van der Waals surface area contributed by atoms with Crippen molar-refractivity contribution in [3.8, 4) is 6.19 Å². The number of carbonyl (C=O) groups excluding carboxylic acids is 1. The van der Waals surface area contributed by atoms with Crippen molar-refractivity contribution >= 4 is 16.8 Å². The van der Waals surface area contributed by atoms with Crippen LogP contribution < -0.4 is 5.32 Å². The zero-order chi connectivity index (χ0) is 18.6. The molecule has 2 aromatic carbocycles. The minimum Gasteiger partial charge on any atom is -0.349 e. The molecule has 6 nitrogen and oxygen atoms in total. The molecule has 3 aromatic rings. The van der Waals surface area contributed by atoms with Crippen LogP contribution in [0.5, 0.6) is 0 Å². The number of benzene rings is 2. The molecule has 1 aliphatic heterocycles. The van der Waals surface area contributed by atoms with E-state index in [1.54, 1.807) is 4.90 Å². The first kappa shape index (κ1) is 17.1. The summed E-state index contributed by atoms with van der Waals surface area (Å²) < 4.78 is 1.87. The lowest BCUT2D eigenvalue weighted by Gasteiger charge is -2.18. The summed E-state index contributed by atoms with van der Waals surface area (Å²) in [6.45, 7) is 1.84. The largest absolute Gasteiger partial charge is 0.349 e. The lowest BCUT2D eigenvalue weighted by molar-refractivity contribution is 0.0941. The molecule has 1 N–H and O–H groups in total. The van der Waals surface area contributed by atoms with Crippen LogP contribution in [0.25, 0.3) is 10.9 Å². The zero-order valence-electron chi connectivity index (χ0n) is 15.0. The molecule has 1 fully saturated rings. The van der Waals surface area contributed by atoms with Crippen molar-refractivity contribution in [1.29, 1.82) is 5.26 Å². The molecule has 0 spiro atoms. The highest BCUT2D eigenvalue weighted by Crippen LogP contribution is 2.20. The van der Waals surface area contributed by atoms with E-state index in [1.807, 2.05) is 59.3 Å². The first-order chi connectivity index (χ1) is 13.3. The lowest BCUT2D eigenvalue weighted by Crippen LogP contribution is -2.38. The molecule has 0 radical (unpaired) electrons. The summed E-state index contributed by atoms with van der Waals surface area (Å²) in [5.41, 5.74) is 2.50. The van der Waals surface area contributed by atoms with Crippen LogP contribution in [0.1, 0.15) is 28.9 Å². The van der Waals surface area contributed by atoms with Crippen LogP contribution in [0.3, 0.4) is 0 Å². The second-order valence-corrected chi connectivity index (χ2v) is 6.81. The van der Waals surface area contributed by atoms with Crippen molar-refractivity contribution in [2.45, 2.75) is 25.4 Å². The number of nitrogens with zero attached hydrogens (tertiary/aromatic N) is 4. The SMILES string of the molecule is N#CN1CCCC1CNC(=O)c1nn(Cc2ccccc2)c2ccccc12. The number of rotatable bonds is 5. The fourth-order valence-electron chi connectivity index (χ4n) is 3.65. The third-order valence-electron chi connectivity index (χ3n) is 5.05. The molecule has 1 unspecified atom stereocenters. The molecule has 2 heterocycles. The van der Waals surface area contributed by atoms with Gasteiger partial charge in [0.15, 0.2) is 11.9 Å². The van der Waals surface area contributed by atoms with E-state index < -0.39 is 0 Å². The average molecular weight is 359 g/mol. The molecule has 6 heteroatoms. The Morgan fingerprint density at radius 1 is 1.19 bits per heavy atom. The molecule has 1 atom stereocenters. The lowest BCUT2D eigenvalue weighted by atomic mass is 10.2. The van der Waals surface area contributed by atoms with Crippen LogP contribution in [-0.2, 0) is 6.54 Å². The maximum Gasteiger partial charge on any atom is 0.272 e. The van der Waals surface area contributed by atoms with Crippen LogP contribution in [0, 0.1) is 11.5 Å². The van der Waals surface area contributed by atoms with E-state index in [9.17, 15) is 4.79 Å². The van der Waals surface area contributed by atoms with Gasteiger partial charge >= 0.3 is 0 Å². The van der Waals surface area contributed by atoms with Crippen molar-refractivity contribution in [2.75, 3.05) is 13.1 Å². The summed E-state index contributed by atoms with van der Waals surface area (Å²) in [7, 11) is 0. The molecular formula is C21H21N5O. The summed E-state index contributed by atoms with van der Waals surface area (Å²) in [6, 6.07) is 17.9. The number of likely N-dealkylation sites (tertiary alicyclic amines) is 1. The van der Waals surface area contributed by atoms with Gasteiger partial charge in [0.1, 0.15) is 0 Å². The monoisotopic (exact) mass is 359 g/mol. The Balaban J connectivity index is 1.56. The van der Waals surface area contributed by atoms with Crippen LogP contribution >= 0.6 is 0 Å². The van der Waals surface area contributed by atoms with Crippen LogP contribution in [0.15, 0.2) is 54.6 Å². The Hall–Kier alpha value is -3.33. The second kappa shape index (κ2) is 7.50. The Kier molecular flexibility index (Phi) is 4.75. The van der Waals surface area contributed by atoms with Crippen molar-refractivity contribution in [3.05, 3.63) is 65.9 Å². The highest BCUT2D eigenvalue weighted by Gasteiger charge is 2.25. The summed E-state index contributed by atoms with van der Waals surface area (Å²) >= 11 is 0. The molecule has 0 saturated carbocycles. The van der Waals surface area contributed by atoms with Crippen LogP contribution in [0.2, 0.25) is 0 Å². The smallest absolute Gasteiger partial charge is 0.272 e. The summed E-state index contributed by atoms with van der Waals surface area (Å²) in [5.74, 6) is -0.192. The minimum absolute atomic E-state index is 0.0802. The van der Waals surface area contributed by atoms with Crippen LogP contribution in [-0.4, -0.2) is 39.7 Å². The number of nitriles is 1. The quantitative estimate of drug-likeness (QED) is 0.711. The van der Waals surface area contributed by atoms with Gasteiger partial charge in [0, 0.05) is 18.5 Å². The fraction of sp³-hybridized carbons (Fsp3) is 0.286. The van der Waals surface area contributed by atoms with Gasteiger partial charge in [-0.2, -0.15) is 10.4 Å². The van der Waals surface area contributed by atoms with E-state index in [2.05, 4.69) is 16.6 Å². The maximum atomic E-state index is 12.8. The van der Waals surface area contributed by atoms with Gasteiger partial charge in [0.2, 0.25) is 0 Å². The van der Waals surface area contributed by atoms with E-state index >= 15 is 0 Å². The molecule has 1 aliphatic rings. The molecule has 0 bridgehead atoms. The first-order valence-corrected chi connectivity index (χ1v) is 9.20. The second-order valence-electron chi connectivity index (χ2n) is 6.81. The summed E-state index contributed by atoms with van der Waals surface area (Å²) in [6.07, 6.45) is 4.12.